The maximum atomic E-state index is 13.9. The molecule has 2 aliphatic heterocycles. The fraction of sp³-hybridized carbons (Fsp3) is 0.529. The molecule has 0 saturated carbocycles. The molecule has 2 aromatic carbocycles. The van der Waals surface area contributed by atoms with Crippen molar-refractivity contribution >= 4 is 23.9 Å². The highest BCUT2D eigenvalue weighted by atomic mass is 16.6. The molecule has 236 valence electrons. The molecule has 0 spiro atoms. The summed E-state index contributed by atoms with van der Waals surface area (Å²) in [5.41, 5.74) is 0.338. The first-order valence-corrected chi connectivity index (χ1v) is 15.6. The van der Waals surface area contributed by atoms with Gasteiger partial charge in [-0.15, -0.1) is 0 Å². The van der Waals surface area contributed by atoms with Crippen LogP contribution < -0.4 is 15.4 Å². The quantitative estimate of drug-likeness (QED) is 0.422. The van der Waals surface area contributed by atoms with E-state index in [4.69, 9.17) is 14.5 Å². The lowest BCUT2D eigenvalue weighted by atomic mass is 9.83. The van der Waals surface area contributed by atoms with Gasteiger partial charge in [-0.1, -0.05) is 38.1 Å². The predicted octanol–water partition coefficient (Wildman–Crippen LogP) is 5.35. The van der Waals surface area contributed by atoms with Crippen LogP contribution in [0.25, 0.3) is 0 Å². The number of aliphatic imine (C=N–C) groups is 1. The van der Waals surface area contributed by atoms with Gasteiger partial charge in [-0.3, -0.25) is 19.8 Å². The maximum Gasteiger partial charge on any atom is 0.414 e. The molecule has 0 unspecified atom stereocenters. The van der Waals surface area contributed by atoms with Crippen LogP contribution in [0.4, 0.5) is 4.79 Å². The molecule has 0 fully saturated rings. The molecule has 10 heteroatoms. The lowest BCUT2D eigenvalue weighted by Crippen LogP contribution is -2.56. The number of guanidine groups is 1. The highest BCUT2D eigenvalue weighted by Gasteiger charge is 2.44. The second-order valence-electron chi connectivity index (χ2n) is 13.3. The second-order valence-corrected chi connectivity index (χ2v) is 13.3. The number of hydrogen-bond acceptors (Lipinski definition) is 7. The molecule has 2 heterocycles. The molecule has 3 N–H and O–H groups in total. The zero-order valence-corrected chi connectivity index (χ0v) is 26.5. The first kappa shape index (κ1) is 31.5. The van der Waals surface area contributed by atoms with E-state index in [2.05, 4.69) is 10.6 Å². The topological polar surface area (TPSA) is 130 Å². The highest BCUT2D eigenvalue weighted by Crippen LogP contribution is 2.41. The molecular weight excluding hydrogens is 560 g/mol. The third-order valence-corrected chi connectivity index (χ3v) is 8.90. The maximum absolute atomic E-state index is 13.9. The number of alkyl carbamates (subject to hydrolysis) is 1. The van der Waals surface area contributed by atoms with Gasteiger partial charge in [0.25, 0.3) is 5.91 Å². The number of nitrogens with zero attached hydrogens (tertiary/aromatic N) is 2. The molecule has 0 saturated heterocycles. The Morgan fingerprint density at radius 3 is 2.57 bits per heavy atom. The van der Waals surface area contributed by atoms with Crippen molar-refractivity contribution in [3.63, 3.8) is 0 Å². The van der Waals surface area contributed by atoms with Gasteiger partial charge in [0.1, 0.15) is 23.6 Å². The summed E-state index contributed by atoms with van der Waals surface area (Å²) in [5, 5.41) is 16.9. The Hall–Kier alpha value is -3.92. The molecule has 3 atom stereocenters. The predicted molar refractivity (Wildman–Crippen MR) is 166 cm³/mol. The van der Waals surface area contributed by atoms with Gasteiger partial charge in [0, 0.05) is 11.1 Å². The summed E-state index contributed by atoms with van der Waals surface area (Å²) in [7, 11) is 0. The van der Waals surface area contributed by atoms with Crippen molar-refractivity contribution in [3.8, 4) is 5.75 Å². The zero-order valence-electron chi connectivity index (χ0n) is 26.5. The normalized spacial score (nSPS) is 24.3. The Balaban J connectivity index is 1.48. The molecule has 1 aliphatic carbocycles. The van der Waals surface area contributed by atoms with E-state index in [1.807, 2.05) is 50.2 Å². The van der Waals surface area contributed by atoms with Crippen LogP contribution >= 0.6 is 0 Å². The summed E-state index contributed by atoms with van der Waals surface area (Å²) in [5.74, 6) is 0.331. The van der Waals surface area contributed by atoms with Gasteiger partial charge in [-0.05, 0) is 89.1 Å². The monoisotopic (exact) mass is 604 g/mol. The standard InChI is InChI=1S/C34H44N4O6/c1-7-34(8-2)19-27(39)38(30(37-34)36-31(41)44-32(3,4)5)25-14-11-12-21-16-17-22(18-24(21)25)29(40)35-28-23-13-9-10-15-26(23)43-20-33(28,6)42/h9-10,13,15-18,25,28,42H,7-8,11-12,14,19-20H2,1-6H3,(H,35,40)(H,36,37,41)/t25-,28-,33-/m1/s1. The van der Waals surface area contributed by atoms with Crippen molar-refractivity contribution < 1.29 is 29.0 Å². The molecule has 3 aliphatic rings. The Bertz CT molecular complexity index is 1470. The van der Waals surface area contributed by atoms with Crippen LogP contribution in [0.1, 0.15) is 113 Å². The average molecular weight is 605 g/mol. The Kier molecular flexibility index (Phi) is 8.50. The lowest BCUT2D eigenvalue weighted by Gasteiger charge is -2.43. The number of para-hydroxylation sites is 1. The largest absolute Gasteiger partial charge is 0.490 e. The van der Waals surface area contributed by atoms with Gasteiger partial charge in [-0.2, -0.15) is 0 Å². The summed E-state index contributed by atoms with van der Waals surface area (Å²) in [6.45, 7) is 11.0. The molecule has 2 aromatic rings. The minimum absolute atomic E-state index is 0.0437. The Morgan fingerprint density at radius 2 is 1.86 bits per heavy atom. The summed E-state index contributed by atoms with van der Waals surface area (Å²) in [6, 6.07) is 11.8. The number of ether oxygens (including phenoxy) is 2. The van der Waals surface area contributed by atoms with E-state index in [-0.39, 0.29) is 30.8 Å². The minimum Gasteiger partial charge on any atom is -0.490 e. The van der Waals surface area contributed by atoms with Crippen LogP contribution in [0.5, 0.6) is 5.75 Å². The number of amides is 3. The van der Waals surface area contributed by atoms with Gasteiger partial charge in [0.05, 0.1) is 24.0 Å². The SMILES string of the molecule is CCC1(CC)CC(=O)N([C@@H]2CCCc3ccc(C(=O)N[C@@H]4c5ccccc5OC[C@@]4(C)O)cc32)C(NC(=O)OC(C)(C)C)=N1. The van der Waals surface area contributed by atoms with Crippen LogP contribution in [0.2, 0.25) is 0 Å². The fourth-order valence-electron chi connectivity index (χ4n) is 6.39. The van der Waals surface area contributed by atoms with Crippen LogP contribution in [-0.2, 0) is 16.0 Å². The van der Waals surface area contributed by atoms with E-state index in [1.54, 1.807) is 38.7 Å². The van der Waals surface area contributed by atoms with E-state index < -0.39 is 34.9 Å². The molecule has 44 heavy (non-hydrogen) atoms. The summed E-state index contributed by atoms with van der Waals surface area (Å²) < 4.78 is 11.3. The van der Waals surface area contributed by atoms with Crippen LogP contribution in [0.3, 0.4) is 0 Å². The van der Waals surface area contributed by atoms with Crippen molar-refractivity contribution in [2.45, 2.75) is 109 Å². The number of rotatable bonds is 5. The number of aryl methyl sites for hydroxylation is 1. The highest BCUT2D eigenvalue weighted by molar-refractivity contribution is 6.05. The molecular formula is C34H44N4O6. The van der Waals surface area contributed by atoms with Crippen LogP contribution in [0, 0.1) is 0 Å². The Morgan fingerprint density at radius 1 is 1.14 bits per heavy atom. The average Bonchev–Trinajstić information content (AvgIpc) is 2.97. The second kappa shape index (κ2) is 11.9. The fourth-order valence-corrected chi connectivity index (χ4v) is 6.39. The summed E-state index contributed by atoms with van der Waals surface area (Å²) >= 11 is 0. The molecule has 3 amide bonds. The van der Waals surface area contributed by atoms with E-state index >= 15 is 0 Å². The molecule has 0 bridgehead atoms. The third-order valence-electron chi connectivity index (χ3n) is 8.90. The van der Waals surface area contributed by atoms with Gasteiger partial charge >= 0.3 is 6.09 Å². The first-order chi connectivity index (χ1) is 20.8. The number of fused-ring (bicyclic) bond motifs is 2. The van der Waals surface area contributed by atoms with Crippen LogP contribution in [0.15, 0.2) is 47.5 Å². The number of aliphatic hydroxyl groups is 1. The van der Waals surface area contributed by atoms with Gasteiger partial charge < -0.3 is 19.9 Å². The van der Waals surface area contributed by atoms with E-state index in [0.29, 0.717) is 36.1 Å². The van der Waals surface area contributed by atoms with Gasteiger partial charge in [0.2, 0.25) is 11.9 Å². The zero-order chi connectivity index (χ0) is 31.9. The van der Waals surface area contributed by atoms with Gasteiger partial charge in [0.15, 0.2) is 0 Å². The summed E-state index contributed by atoms with van der Waals surface area (Å²) in [6.07, 6.45) is 3.12. The van der Waals surface area contributed by atoms with E-state index in [0.717, 1.165) is 24.0 Å². The number of carbonyl (C=O) groups excluding carboxylic acids is 3. The molecule has 5 rings (SSSR count). The van der Waals surface area contributed by atoms with Crippen molar-refractivity contribution in [1.29, 1.82) is 0 Å². The smallest absolute Gasteiger partial charge is 0.414 e. The molecule has 0 aromatic heterocycles. The van der Waals surface area contributed by atoms with Crippen molar-refractivity contribution in [3.05, 3.63) is 64.7 Å². The van der Waals surface area contributed by atoms with Crippen molar-refractivity contribution in [2.24, 2.45) is 4.99 Å². The van der Waals surface area contributed by atoms with Crippen molar-refractivity contribution in [2.75, 3.05) is 6.61 Å². The number of nitrogens with one attached hydrogen (secondary N) is 2. The van der Waals surface area contributed by atoms with Crippen LogP contribution in [-0.4, -0.2) is 57.2 Å². The van der Waals surface area contributed by atoms with E-state index in [1.165, 1.54) is 0 Å². The number of benzene rings is 2. The van der Waals surface area contributed by atoms with Crippen molar-refractivity contribution in [1.82, 2.24) is 15.5 Å². The molecule has 0 radical (unpaired) electrons. The Labute approximate surface area is 259 Å². The third kappa shape index (κ3) is 6.31. The lowest BCUT2D eigenvalue weighted by molar-refractivity contribution is -0.132. The van der Waals surface area contributed by atoms with Gasteiger partial charge in [-0.25, -0.2) is 9.79 Å². The first-order valence-electron chi connectivity index (χ1n) is 15.6. The van der Waals surface area contributed by atoms with E-state index in [9.17, 15) is 19.5 Å². The summed E-state index contributed by atoms with van der Waals surface area (Å²) in [4.78, 5) is 47.1. The minimum atomic E-state index is -1.31. The molecule has 10 nitrogen and oxygen atoms in total. The number of carbonyl (C=O) groups is 3. The number of hydrogen-bond donors (Lipinski definition) is 3.